The first-order valence-corrected chi connectivity index (χ1v) is 6.74. The Hall–Kier alpha value is -1.00. The third-order valence-electron chi connectivity index (χ3n) is 3.08. The van der Waals surface area contributed by atoms with Crippen LogP contribution in [-0.2, 0) is 4.74 Å². The highest BCUT2D eigenvalue weighted by Crippen LogP contribution is 2.31. The second-order valence-electron chi connectivity index (χ2n) is 5.09. The van der Waals surface area contributed by atoms with E-state index in [1.807, 2.05) is 27.7 Å². The van der Waals surface area contributed by atoms with Gasteiger partial charge in [0.25, 0.3) is 0 Å². The van der Waals surface area contributed by atoms with E-state index in [1.54, 1.807) is 0 Å². The summed E-state index contributed by atoms with van der Waals surface area (Å²) in [7, 11) is 0. The van der Waals surface area contributed by atoms with Crippen LogP contribution in [0.1, 0.15) is 45.7 Å². The largest absolute Gasteiger partial charge is 0.374 e. The van der Waals surface area contributed by atoms with Crippen LogP contribution in [0.5, 0.6) is 0 Å². The Kier molecular flexibility index (Phi) is 5.88. The molecule has 0 aliphatic carbocycles. The van der Waals surface area contributed by atoms with Crippen LogP contribution >= 0.6 is 0 Å². The zero-order valence-corrected chi connectivity index (χ0v) is 12.1. The van der Waals surface area contributed by atoms with Crippen LogP contribution in [0.3, 0.4) is 0 Å². The summed E-state index contributed by atoms with van der Waals surface area (Å²) >= 11 is 0. The van der Waals surface area contributed by atoms with Crippen molar-refractivity contribution in [3.63, 3.8) is 0 Å². The molecule has 1 rings (SSSR count). The summed E-state index contributed by atoms with van der Waals surface area (Å²) < 4.78 is 33.0. The highest BCUT2D eigenvalue weighted by atomic mass is 19.1. The van der Waals surface area contributed by atoms with Gasteiger partial charge in [0.05, 0.1) is 11.6 Å². The molecule has 1 N–H and O–H groups in total. The van der Waals surface area contributed by atoms with Crippen LogP contribution < -0.4 is 5.32 Å². The molecule has 2 nitrogen and oxygen atoms in total. The van der Waals surface area contributed by atoms with Gasteiger partial charge in [0.1, 0.15) is 11.6 Å². The average Bonchev–Trinajstić information content (AvgIpc) is 2.33. The second kappa shape index (κ2) is 6.96. The maximum absolute atomic E-state index is 14.0. The predicted octanol–water partition coefficient (Wildman–Crippen LogP) is 3.82. The van der Waals surface area contributed by atoms with Crippen molar-refractivity contribution >= 4 is 0 Å². The minimum atomic E-state index is -0.613. The molecule has 0 heterocycles. The number of hydrogen-bond donors (Lipinski definition) is 1. The first-order chi connectivity index (χ1) is 8.92. The van der Waals surface area contributed by atoms with Crippen LogP contribution in [0.15, 0.2) is 18.2 Å². The van der Waals surface area contributed by atoms with Crippen LogP contribution in [-0.4, -0.2) is 18.8 Å². The standard InChI is InChI=1S/C15H23F2NO/c1-5-9-18-14(15(3,4)19-6-2)12-10-11(16)7-8-13(12)17/h7-8,10,14,18H,5-6,9H2,1-4H3. The molecule has 0 fully saturated rings. The first-order valence-electron chi connectivity index (χ1n) is 6.74. The lowest BCUT2D eigenvalue weighted by Gasteiger charge is -2.35. The van der Waals surface area contributed by atoms with Gasteiger partial charge >= 0.3 is 0 Å². The van der Waals surface area contributed by atoms with Crippen LogP contribution in [0.25, 0.3) is 0 Å². The molecule has 0 spiro atoms. The maximum Gasteiger partial charge on any atom is 0.128 e. The normalized spacial score (nSPS) is 13.6. The summed E-state index contributed by atoms with van der Waals surface area (Å²) in [5.41, 5.74) is -0.301. The van der Waals surface area contributed by atoms with Gasteiger partial charge < -0.3 is 10.1 Å². The van der Waals surface area contributed by atoms with E-state index >= 15 is 0 Å². The molecular weight excluding hydrogens is 248 g/mol. The summed E-state index contributed by atoms with van der Waals surface area (Å²) in [6.07, 6.45) is 0.912. The average molecular weight is 271 g/mol. The highest BCUT2D eigenvalue weighted by molar-refractivity contribution is 5.25. The van der Waals surface area contributed by atoms with Crippen molar-refractivity contribution in [2.45, 2.75) is 45.8 Å². The molecule has 1 aromatic rings. The Morgan fingerprint density at radius 3 is 2.53 bits per heavy atom. The topological polar surface area (TPSA) is 21.3 Å². The van der Waals surface area contributed by atoms with Gasteiger partial charge in [-0.2, -0.15) is 0 Å². The Labute approximate surface area is 114 Å². The van der Waals surface area contributed by atoms with Crippen molar-refractivity contribution in [2.24, 2.45) is 0 Å². The first kappa shape index (κ1) is 16.1. The van der Waals surface area contributed by atoms with E-state index in [4.69, 9.17) is 4.74 Å². The Morgan fingerprint density at radius 2 is 1.95 bits per heavy atom. The molecular formula is C15H23F2NO. The molecule has 0 aliphatic rings. The quantitative estimate of drug-likeness (QED) is 0.814. The summed E-state index contributed by atoms with van der Waals surface area (Å²) in [5.74, 6) is -0.852. The van der Waals surface area contributed by atoms with Crippen molar-refractivity contribution in [2.75, 3.05) is 13.2 Å². The third kappa shape index (κ3) is 4.25. The van der Waals surface area contributed by atoms with Gasteiger partial charge in [-0.05, 0) is 51.9 Å². The van der Waals surface area contributed by atoms with Crippen molar-refractivity contribution in [1.82, 2.24) is 5.32 Å². The van der Waals surface area contributed by atoms with Crippen molar-refractivity contribution in [3.05, 3.63) is 35.4 Å². The Balaban J connectivity index is 3.11. The predicted molar refractivity (Wildman–Crippen MR) is 73.1 cm³/mol. The van der Waals surface area contributed by atoms with Gasteiger partial charge in [0.15, 0.2) is 0 Å². The zero-order valence-electron chi connectivity index (χ0n) is 12.1. The minimum absolute atomic E-state index is 0.312. The SMILES string of the molecule is CCCNC(c1cc(F)ccc1F)C(C)(C)OCC. The van der Waals surface area contributed by atoms with Gasteiger partial charge in [0, 0.05) is 12.2 Å². The number of rotatable bonds is 7. The van der Waals surface area contributed by atoms with Gasteiger partial charge in [-0.15, -0.1) is 0 Å². The molecule has 108 valence electrons. The molecule has 0 bridgehead atoms. The molecule has 1 unspecified atom stereocenters. The third-order valence-corrected chi connectivity index (χ3v) is 3.08. The second-order valence-corrected chi connectivity index (χ2v) is 5.09. The number of ether oxygens (including phenoxy) is 1. The summed E-state index contributed by atoms with van der Waals surface area (Å²) in [6.45, 7) is 8.92. The van der Waals surface area contributed by atoms with Crippen LogP contribution in [0, 0.1) is 11.6 Å². The molecule has 4 heteroatoms. The number of hydrogen-bond acceptors (Lipinski definition) is 2. The molecule has 0 saturated heterocycles. The molecule has 0 radical (unpaired) electrons. The highest BCUT2D eigenvalue weighted by Gasteiger charge is 2.33. The molecule has 1 aromatic carbocycles. The van der Waals surface area contributed by atoms with Crippen LogP contribution in [0.4, 0.5) is 8.78 Å². The fourth-order valence-electron chi connectivity index (χ4n) is 2.21. The van der Waals surface area contributed by atoms with Crippen molar-refractivity contribution < 1.29 is 13.5 Å². The van der Waals surface area contributed by atoms with E-state index in [9.17, 15) is 8.78 Å². The summed E-state index contributed by atoms with van der Waals surface area (Å²) in [4.78, 5) is 0. The number of benzene rings is 1. The fourth-order valence-corrected chi connectivity index (χ4v) is 2.21. The zero-order chi connectivity index (χ0) is 14.5. The lowest BCUT2D eigenvalue weighted by atomic mass is 9.91. The smallest absolute Gasteiger partial charge is 0.128 e. The minimum Gasteiger partial charge on any atom is -0.374 e. The Bertz CT molecular complexity index is 407. The molecule has 0 saturated carbocycles. The molecule has 0 aliphatic heterocycles. The van der Waals surface area contributed by atoms with E-state index in [1.165, 1.54) is 6.07 Å². The maximum atomic E-state index is 14.0. The van der Waals surface area contributed by atoms with E-state index in [0.29, 0.717) is 12.2 Å². The lowest BCUT2D eigenvalue weighted by Crippen LogP contribution is -2.42. The summed E-state index contributed by atoms with van der Waals surface area (Å²) in [5, 5.41) is 3.25. The number of nitrogens with one attached hydrogen (secondary N) is 1. The van der Waals surface area contributed by atoms with E-state index in [-0.39, 0.29) is 6.04 Å². The monoisotopic (exact) mass is 271 g/mol. The fraction of sp³-hybridized carbons (Fsp3) is 0.600. The van der Waals surface area contributed by atoms with E-state index < -0.39 is 17.2 Å². The van der Waals surface area contributed by atoms with Crippen molar-refractivity contribution in [3.8, 4) is 0 Å². The molecule has 19 heavy (non-hydrogen) atoms. The molecule has 0 amide bonds. The molecule has 1 atom stereocenters. The van der Waals surface area contributed by atoms with E-state index in [0.717, 1.165) is 25.1 Å². The van der Waals surface area contributed by atoms with Gasteiger partial charge in [-0.25, -0.2) is 8.78 Å². The lowest BCUT2D eigenvalue weighted by molar-refractivity contribution is -0.0400. The summed E-state index contributed by atoms with van der Waals surface area (Å²) in [6, 6.07) is 3.14. The number of halogens is 2. The van der Waals surface area contributed by atoms with Gasteiger partial charge in [-0.1, -0.05) is 6.92 Å². The molecule has 0 aromatic heterocycles. The van der Waals surface area contributed by atoms with Crippen LogP contribution in [0.2, 0.25) is 0 Å². The Morgan fingerprint density at radius 1 is 1.26 bits per heavy atom. The van der Waals surface area contributed by atoms with Crippen molar-refractivity contribution in [1.29, 1.82) is 0 Å². The van der Waals surface area contributed by atoms with Gasteiger partial charge in [-0.3, -0.25) is 0 Å². The van der Waals surface area contributed by atoms with Gasteiger partial charge in [0.2, 0.25) is 0 Å². The van der Waals surface area contributed by atoms with E-state index in [2.05, 4.69) is 5.32 Å².